The van der Waals surface area contributed by atoms with Gasteiger partial charge in [0.1, 0.15) is 0 Å². The number of aryl methyl sites for hydroxylation is 1. The van der Waals surface area contributed by atoms with Gasteiger partial charge in [0.05, 0.1) is 11.1 Å². The van der Waals surface area contributed by atoms with Gasteiger partial charge in [0.15, 0.2) is 11.5 Å². The van der Waals surface area contributed by atoms with Crippen LogP contribution in [0.2, 0.25) is 0 Å². The van der Waals surface area contributed by atoms with Crippen molar-refractivity contribution in [3.05, 3.63) is 53.6 Å². The Labute approximate surface area is 141 Å². The Morgan fingerprint density at radius 2 is 1.88 bits per heavy atom. The van der Waals surface area contributed by atoms with Crippen LogP contribution in [0.3, 0.4) is 0 Å². The first-order chi connectivity index (χ1) is 11.6. The molecular formula is C17H18N2O4S. The fourth-order valence-electron chi connectivity index (χ4n) is 2.34. The molecule has 2 aromatic rings. The summed E-state index contributed by atoms with van der Waals surface area (Å²) in [6, 6.07) is 12.1. The zero-order valence-corrected chi connectivity index (χ0v) is 14.0. The molecule has 1 heterocycles. The minimum atomic E-state index is -3.68. The molecule has 126 valence electrons. The van der Waals surface area contributed by atoms with Crippen LogP contribution in [-0.2, 0) is 16.4 Å². The van der Waals surface area contributed by atoms with E-state index in [2.05, 4.69) is 16.9 Å². The molecule has 7 heteroatoms. The van der Waals surface area contributed by atoms with Crippen molar-refractivity contribution in [1.29, 1.82) is 0 Å². The Balaban J connectivity index is 1.68. The van der Waals surface area contributed by atoms with E-state index in [0.29, 0.717) is 17.1 Å². The molecule has 0 aliphatic carbocycles. The molecule has 0 saturated carbocycles. The Bertz CT molecular complexity index is 845. The predicted molar refractivity (Wildman–Crippen MR) is 90.9 cm³/mol. The molecule has 0 bridgehead atoms. The maximum atomic E-state index is 12.2. The number of sulfonamides is 1. The van der Waals surface area contributed by atoms with E-state index in [1.54, 1.807) is 30.3 Å². The van der Waals surface area contributed by atoms with Crippen molar-refractivity contribution in [3.8, 4) is 11.5 Å². The van der Waals surface area contributed by atoms with Gasteiger partial charge in [-0.05, 0) is 47.9 Å². The van der Waals surface area contributed by atoms with Crippen molar-refractivity contribution in [3.63, 3.8) is 0 Å². The van der Waals surface area contributed by atoms with Crippen molar-refractivity contribution in [2.75, 3.05) is 6.79 Å². The molecule has 0 spiro atoms. The molecule has 2 aromatic carbocycles. The summed E-state index contributed by atoms with van der Waals surface area (Å²) in [6.45, 7) is 2.27. The molecule has 24 heavy (non-hydrogen) atoms. The lowest BCUT2D eigenvalue weighted by Crippen LogP contribution is -2.18. The summed E-state index contributed by atoms with van der Waals surface area (Å²) in [7, 11) is -3.68. The zero-order chi connectivity index (χ0) is 17.0. The van der Waals surface area contributed by atoms with E-state index >= 15 is 0 Å². The predicted octanol–water partition coefficient (Wildman–Crippen LogP) is 2.68. The van der Waals surface area contributed by atoms with Crippen molar-refractivity contribution in [2.24, 2.45) is 5.10 Å². The SMILES string of the molecule is CCCc1ccc(S(=O)(=O)N/N=C/c2ccc3c(c2)OCO3)cc1. The topological polar surface area (TPSA) is 77.0 Å². The van der Waals surface area contributed by atoms with Gasteiger partial charge >= 0.3 is 0 Å². The van der Waals surface area contributed by atoms with Gasteiger partial charge in [0.25, 0.3) is 10.0 Å². The Morgan fingerprint density at radius 1 is 1.12 bits per heavy atom. The second-order valence-electron chi connectivity index (χ2n) is 5.36. The largest absolute Gasteiger partial charge is 0.454 e. The lowest BCUT2D eigenvalue weighted by Gasteiger charge is -2.05. The number of fused-ring (bicyclic) bond motifs is 1. The van der Waals surface area contributed by atoms with E-state index in [1.807, 2.05) is 12.1 Å². The molecule has 3 rings (SSSR count). The van der Waals surface area contributed by atoms with E-state index in [1.165, 1.54) is 6.21 Å². The van der Waals surface area contributed by atoms with Crippen molar-refractivity contribution >= 4 is 16.2 Å². The molecule has 1 aliphatic rings. The van der Waals surface area contributed by atoms with Crippen molar-refractivity contribution in [1.82, 2.24) is 4.83 Å². The minimum absolute atomic E-state index is 0.185. The summed E-state index contributed by atoms with van der Waals surface area (Å²) in [6.07, 6.45) is 3.37. The number of benzene rings is 2. The highest BCUT2D eigenvalue weighted by Gasteiger charge is 2.14. The summed E-state index contributed by atoms with van der Waals surface area (Å²) in [5, 5.41) is 3.81. The number of rotatable bonds is 6. The molecule has 0 aromatic heterocycles. The zero-order valence-electron chi connectivity index (χ0n) is 13.2. The molecule has 0 fully saturated rings. The summed E-state index contributed by atoms with van der Waals surface area (Å²) < 4.78 is 34.9. The number of ether oxygens (including phenoxy) is 2. The van der Waals surface area contributed by atoms with E-state index in [9.17, 15) is 8.42 Å². The average Bonchev–Trinajstić information content (AvgIpc) is 3.03. The standard InChI is InChI=1S/C17H18N2O4S/c1-2-3-13-4-7-15(8-5-13)24(20,21)19-18-11-14-6-9-16-17(10-14)23-12-22-16/h4-11,19H,2-3,12H2,1H3/b18-11+. The first kappa shape index (κ1) is 16.3. The van der Waals surface area contributed by atoms with Gasteiger partial charge in [-0.3, -0.25) is 0 Å². The number of nitrogens with zero attached hydrogens (tertiary/aromatic N) is 1. The maximum absolute atomic E-state index is 12.2. The maximum Gasteiger partial charge on any atom is 0.276 e. The summed E-state index contributed by atoms with van der Waals surface area (Å²) >= 11 is 0. The van der Waals surface area contributed by atoms with Crippen molar-refractivity contribution in [2.45, 2.75) is 24.7 Å². The Kier molecular flexibility index (Phi) is 4.71. The monoisotopic (exact) mass is 346 g/mol. The van der Waals surface area contributed by atoms with Crippen LogP contribution in [0.15, 0.2) is 52.5 Å². The fraction of sp³-hybridized carbons (Fsp3) is 0.235. The summed E-state index contributed by atoms with van der Waals surface area (Å²) in [4.78, 5) is 2.40. The highest BCUT2D eigenvalue weighted by Crippen LogP contribution is 2.31. The van der Waals surface area contributed by atoms with Crippen LogP contribution < -0.4 is 14.3 Å². The quantitative estimate of drug-likeness (QED) is 0.644. The van der Waals surface area contributed by atoms with Gasteiger partial charge in [-0.1, -0.05) is 25.5 Å². The van der Waals surface area contributed by atoms with E-state index < -0.39 is 10.0 Å². The highest BCUT2D eigenvalue weighted by molar-refractivity contribution is 7.89. The molecule has 0 unspecified atom stereocenters. The van der Waals surface area contributed by atoms with Gasteiger partial charge in [0.2, 0.25) is 6.79 Å². The van der Waals surface area contributed by atoms with Gasteiger partial charge < -0.3 is 9.47 Å². The molecule has 0 radical (unpaired) electrons. The molecule has 0 amide bonds. The Morgan fingerprint density at radius 3 is 2.62 bits per heavy atom. The lowest BCUT2D eigenvalue weighted by molar-refractivity contribution is 0.174. The molecule has 1 aliphatic heterocycles. The fourth-order valence-corrected chi connectivity index (χ4v) is 3.13. The van der Waals surface area contributed by atoms with Crippen LogP contribution in [0.4, 0.5) is 0 Å². The van der Waals surface area contributed by atoms with Gasteiger partial charge in [-0.15, -0.1) is 0 Å². The second kappa shape index (κ2) is 6.92. The third-order valence-corrected chi connectivity index (χ3v) is 4.79. The first-order valence-electron chi connectivity index (χ1n) is 7.62. The normalized spacial score (nSPS) is 13.4. The first-order valence-corrected chi connectivity index (χ1v) is 9.10. The van der Waals surface area contributed by atoms with Gasteiger partial charge in [0, 0.05) is 0 Å². The summed E-state index contributed by atoms with van der Waals surface area (Å²) in [5.41, 5.74) is 1.82. The smallest absolute Gasteiger partial charge is 0.276 e. The Hall–Kier alpha value is -2.54. The van der Waals surface area contributed by atoms with Crippen LogP contribution in [0.25, 0.3) is 0 Å². The summed E-state index contributed by atoms with van der Waals surface area (Å²) in [5.74, 6) is 1.29. The van der Waals surface area contributed by atoms with Crippen molar-refractivity contribution < 1.29 is 17.9 Å². The van der Waals surface area contributed by atoms with Crippen LogP contribution in [0, 0.1) is 0 Å². The number of hydrogen-bond donors (Lipinski definition) is 1. The highest BCUT2D eigenvalue weighted by atomic mass is 32.2. The van der Waals surface area contributed by atoms with Crippen LogP contribution in [0.1, 0.15) is 24.5 Å². The molecule has 0 atom stereocenters. The lowest BCUT2D eigenvalue weighted by atomic mass is 10.1. The third-order valence-electron chi connectivity index (χ3n) is 3.56. The second-order valence-corrected chi connectivity index (χ2v) is 7.02. The van der Waals surface area contributed by atoms with E-state index in [-0.39, 0.29) is 11.7 Å². The van der Waals surface area contributed by atoms with Crippen LogP contribution in [0.5, 0.6) is 11.5 Å². The van der Waals surface area contributed by atoms with E-state index in [4.69, 9.17) is 9.47 Å². The van der Waals surface area contributed by atoms with Crippen LogP contribution in [-0.4, -0.2) is 21.4 Å². The van der Waals surface area contributed by atoms with E-state index in [0.717, 1.165) is 18.4 Å². The number of hydrazone groups is 1. The number of hydrogen-bond acceptors (Lipinski definition) is 5. The third kappa shape index (κ3) is 3.68. The van der Waals surface area contributed by atoms with Crippen LogP contribution >= 0.6 is 0 Å². The molecule has 6 nitrogen and oxygen atoms in total. The molecule has 1 N–H and O–H groups in total. The average molecular weight is 346 g/mol. The molecular weight excluding hydrogens is 328 g/mol. The minimum Gasteiger partial charge on any atom is -0.454 e. The molecule has 0 saturated heterocycles. The van der Waals surface area contributed by atoms with Gasteiger partial charge in [-0.25, -0.2) is 4.83 Å². The number of nitrogens with one attached hydrogen (secondary N) is 1. The van der Waals surface area contributed by atoms with Gasteiger partial charge in [-0.2, -0.15) is 13.5 Å².